The molecule has 0 amide bonds. The molecule has 2 heterocycles. The number of nitro groups is 1. The van der Waals surface area contributed by atoms with E-state index in [1.54, 1.807) is 0 Å². The van der Waals surface area contributed by atoms with Crippen molar-refractivity contribution in [1.29, 1.82) is 0 Å². The molecule has 18 heavy (non-hydrogen) atoms. The summed E-state index contributed by atoms with van der Waals surface area (Å²) in [6.07, 6.45) is 3.05. The van der Waals surface area contributed by atoms with Gasteiger partial charge in [0.05, 0.1) is 24.7 Å². The van der Waals surface area contributed by atoms with Crippen molar-refractivity contribution in [2.24, 2.45) is 0 Å². The van der Waals surface area contributed by atoms with Crippen LogP contribution in [0.5, 0.6) is 5.88 Å². The summed E-state index contributed by atoms with van der Waals surface area (Å²) in [5, 5.41) is 14.0. The second kappa shape index (κ2) is 5.58. The molecule has 1 saturated heterocycles. The third kappa shape index (κ3) is 2.65. The maximum Gasteiger partial charge on any atom is 0.372 e. The molecule has 1 fully saturated rings. The van der Waals surface area contributed by atoms with Crippen molar-refractivity contribution in [2.75, 3.05) is 25.6 Å². The highest BCUT2D eigenvalue weighted by atomic mass is 16.6. The third-order valence-electron chi connectivity index (χ3n) is 2.67. The lowest BCUT2D eigenvalue weighted by Crippen LogP contribution is -2.30. The molecule has 1 aliphatic rings. The Kier molecular flexibility index (Phi) is 3.88. The molecule has 1 N–H and O–H groups in total. The van der Waals surface area contributed by atoms with Crippen LogP contribution in [0.4, 0.5) is 11.5 Å². The predicted molar refractivity (Wildman–Crippen MR) is 62.7 cm³/mol. The summed E-state index contributed by atoms with van der Waals surface area (Å²) in [5.74, 6) is 0.122. The van der Waals surface area contributed by atoms with E-state index in [-0.39, 0.29) is 23.4 Å². The maximum atomic E-state index is 11.0. The van der Waals surface area contributed by atoms with Crippen LogP contribution >= 0.6 is 0 Å². The Bertz CT molecular complexity index is 434. The van der Waals surface area contributed by atoms with Gasteiger partial charge in [-0.1, -0.05) is 0 Å². The third-order valence-corrected chi connectivity index (χ3v) is 2.67. The predicted octanol–water partition coefficient (Wildman–Crippen LogP) is 0.984. The van der Waals surface area contributed by atoms with Gasteiger partial charge in [-0.15, -0.1) is 0 Å². The first kappa shape index (κ1) is 12.5. The quantitative estimate of drug-likeness (QED) is 0.631. The van der Waals surface area contributed by atoms with Crippen LogP contribution in [0.3, 0.4) is 0 Å². The fraction of sp³-hybridized carbons (Fsp3) is 0.600. The number of nitrogens with one attached hydrogen (secondary N) is 1. The second-order valence-corrected chi connectivity index (χ2v) is 3.90. The molecular formula is C10H14N4O4. The molecule has 1 aromatic heterocycles. The number of methoxy groups -OCH3 is 1. The Morgan fingerprint density at radius 2 is 2.44 bits per heavy atom. The summed E-state index contributed by atoms with van der Waals surface area (Å²) < 4.78 is 10.2. The molecule has 0 aliphatic carbocycles. The van der Waals surface area contributed by atoms with Crippen LogP contribution in [0, 0.1) is 10.1 Å². The van der Waals surface area contributed by atoms with E-state index in [2.05, 4.69) is 15.3 Å². The van der Waals surface area contributed by atoms with E-state index in [9.17, 15) is 10.1 Å². The van der Waals surface area contributed by atoms with Gasteiger partial charge in [0.2, 0.25) is 5.82 Å². The standard InChI is InChI=1S/C10H14N4O4/c1-17-10-8(14(15)16)9(11-6-12-10)13-7-3-2-4-18-5-7/h6-7H,2-5H2,1H3,(H,11,12,13). The Labute approximate surface area is 103 Å². The minimum atomic E-state index is -0.551. The first-order valence-electron chi connectivity index (χ1n) is 5.60. The topological polar surface area (TPSA) is 99.4 Å². The van der Waals surface area contributed by atoms with Gasteiger partial charge in [-0.2, -0.15) is 4.98 Å². The molecule has 1 aliphatic heterocycles. The molecular weight excluding hydrogens is 240 g/mol. The first-order chi connectivity index (χ1) is 8.72. The number of hydrogen-bond donors (Lipinski definition) is 1. The highest BCUT2D eigenvalue weighted by Crippen LogP contribution is 2.31. The molecule has 98 valence electrons. The number of ether oxygens (including phenoxy) is 2. The Morgan fingerprint density at radius 3 is 3.06 bits per heavy atom. The zero-order valence-corrected chi connectivity index (χ0v) is 9.96. The van der Waals surface area contributed by atoms with Gasteiger partial charge in [0, 0.05) is 6.61 Å². The van der Waals surface area contributed by atoms with E-state index < -0.39 is 4.92 Å². The Morgan fingerprint density at radius 1 is 1.61 bits per heavy atom. The van der Waals surface area contributed by atoms with Crippen LogP contribution in [0.25, 0.3) is 0 Å². The van der Waals surface area contributed by atoms with Gasteiger partial charge < -0.3 is 14.8 Å². The summed E-state index contributed by atoms with van der Waals surface area (Å²) >= 11 is 0. The zero-order valence-electron chi connectivity index (χ0n) is 9.96. The molecule has 0 aromatic carbocycles. The summed E-state index contributed by atoms with van der Waals surface area (Å²) in [4.78, 5) is 18.1. The number of hydrogen-bond acceptors (Lipinski definition) is 7. The number of rotatable bonds is 4. The normalized spacial score (nSPS) is 19.3. The van der Waals surface area contributed by atoms with E-state index >= 15 is 0 Å². The van der Waals surface area contributed by atoms with Crippen LogP contribution in [0.2, 0.25) is 0 Å². The van der Waals surface area contributed by atoms with E-state index in [1.165, 1.54) is 13.4 Å². The van der Waals surface area contributed by atoms with Crippen LogP contribution in [0.15, 0.2) is 6.33 Å². The van der Waals surface area contributed by atoms with E-state index in [1.807, 2.05) is 0 Å². The van der Waals surface area contributed by atoms with Gasteiger partial charge in [0.25, 0.3) is 5.88 Å². The molecule has 0 saturated carbocycles. The Balaban J connectivity index is 2.23. The van der Waals surface area contributed by atoms with Crippen molar-refractivity contribution in [3.63, 3.8) is 0 Å². The SMILES string of the molecule is COc1ncnc(NC2CCCOC2)c1[N+](=O)[O-]. The molecule has 1 atom stereocenters. The minimum Gasteiger partial charge on any atom is -0.476 e. The number of nitrogens with zero attached hydrogens (tertiary/aromatic N) is 3. The summed E-state index contributed by atoms with van der Waals surface area (Å²) in [6.45, 7) is 1.25. The van der Waals surface area contributed by atoms with Gasteiger partial charge in [-0.05, 0) is 12.8 Å². The van der Waals surface area contributed by atoms with Crippen molar-refractivity contribution >= 4 is 11.5 Å². The fourth-order valence-electron chi connectivity index (χ4n) is 1.83. The average molecular weight is 254 g/mol. The van der Waals surface area contributed by atoms with Crippen molar-refractivity contribution in [3.05, 3.63) is 16.4 Å². The molecule has 1 aromatic rings. The van der Waals surface area contributed by atoms with Gasteiger partial charge in [-0.25, -0.2) is 4.98 Å². The smallest absolute Gasteiger partial charge is 0.372 e. The molecule has 0 bridgehead atoms. The van der Waals surface area contributed by atoms with Crippen LogP contribution in [-0.4, -0.2) is 41.3 Å². The van der Waals surface area contributed by atoms with Gasteiger partial charge in [0.15, 0.2) is 0 Å². The van der Waals surface area contributed by atoms with Crippen molar-refractivity contribution in [2.45, 2.75) is 18.9 Å². The van der Waals surface area contributed by atoms with Gasteiger partial charge >= 0.3 is 5.69 Å². The van der Waals surface area contributed by atoms with Crippen LogP contribution in [0.1, 0.15) is 12.8 Å². The average Bonchev–Trinajstić information content (AvgIpc) is 2.39. The maximum absolute atomic E-state index is 11.0. The molecule has 0 radical (unpaired) electrons. The summed E-state index contributed by atoms with van der Waals surface area (Å²) in [6, 6.07) is 0.0251. The molecule has 1 unspecified atom stereocenters. The zero-order chi connectivity index (χ0) is 13.0. The van der Waals surface area contributed by atoms with Crippen molar-refractivity contribution in [3.8, 4) is 5.88 Å². The van der Waals surface area contributed by atoms with Crippen LogP contribution < -0.4 is 10.1 Å². The molecule has 0 spiro atoms. The number of aromatic nitrogens is 2. The lowest BCUT2D eigenvalue weighted by molar-refractivity contribution is -0.385. The Hall–Kier alpha value is -1.96. The van der Waals surface area contributed by atoms with E-state index in [0.717, 1.165) is 19.4 Å². The summed E-state index contributed by atoms with van der Waals surface area (Å²) in [7, 11) is 1.34. The van der Waals surface area contributed by atoms with Gasteiger partial charge in [-0.3, -0.25) is 10.1 Å². The lowest BCUT2D eigenvalue weighted by atomic mass is 10.1. The number of anilines is 1. The van der Waals surface area contributed by atoms with Gasteiger partial charge in [0.1, 0.15) is 6.33 Å². The summed E-state index contributed by atoms with van der Waals surface area (Å²) in [5.41, 5.74) is -0.245. The van der Waals surface area contributed by atoms with E-state index in [4.69, 9.17) is 9.47 Å². The fourth-order valence-corrected chi connectivity index (χ4v) is 1.83. The van der Waals surface area contributed by atoms with E-state index in [0.29, 0.717) is 6.61 Å². The highest BCUT2D eigenvalue weighted by molar-refractivity contribution is 5.61. The molecule has 8 nitrogen and oxygen atoms in total. The minimum absolute atomic E-state index is 0.0251. The second-order valence-electron chi connectivity index (χ2n) is 3.90. The lowest BCUT2D eigenvalue weighted by Gasteiger charge is -2.23. The van der Waals surface area contributed by atoms with Crippen LogP contribution in [-0.2, 0) is 4.74 Å². The molecule has 8 heteroatoms. The van der Waals surface area contributed by atoms with Crippen molar-refractivity contribution < 1.29 is 14.4 Å². The van der Waals surface area contributed by atoms with Crippen molar-refractivity contribution in [1.82, 2.24) is 9.97 Å². The first-order valence-corrected chi connectivity index (χ1v) is 5.60. The molecule has 2 rings (SSSR count). The highest BCUT2D eigenvalue weighted by Gasteiger charge is 2.26. The monoisotopic (exact) mass is 254 g/mol. The largest absolute Gasteiger partial charge is 0.476 e.